The zero-order chi connectivity index (χ0) is 15.5. The van der Waals surface area contributed by atoms with Crippen LogP contribution in [0.5, 0.6) is 0 Å². The number of carbonyl (C=O) groups excluding carboxylic acids is 1. The number of fused-ring (bicyclic) bond motifs is 1. The molecule has 0 bridgehead atoms. The van der Waals surface area contributed by atoms with Crippen molar-refractivity contribution in [1.29, 1.82) is 0 Å². The van der Waals surface area contributed by atoms with Crippen LogP contribution in [0.25, 0.3) is 0 Å². The number of carbonyl (C=O) groups is 1. The maximum Gasteiger partial charge on any atom is 0.302 e. The number of esters is 1. The standard InChI is InChI=1S/C17H28O4/c1-13(19)21-12-15-7-9-17(20)11-14(5-3-4-10-18)6-8-16(15,17)2/h3,5,14-15,18,20H,4,6-12H2,1-2H3/t14-,15+,16+,17-/m0/s1. The molecule has 0 aromatic heterocycles. The molecule has 2 fully saturated rings. The minimum atomic E-state index is -0.649. The Bertz CT molecular complexity index is 406. The van der Waals surface area contributed by atoms with Crippen LogP contribution in [-0.4, -0.2) is 35.0 Å². The lowest BCUT2D eigenvalue weighted by Crippen LogP contribution is -2.50. The number of allylic oxidation sites excluding steroid dienone is 1. The smallest absolute Gasteiger partial charge is 0.302 e. The van der Waals surface area contributed by atoms with Gasteiger partial charge in [-0.05, 0) is 44.4 Å². The predicted octanol–water partition coefficient (Wildman–Crippen LogP) is 2.44. The van der Waals surface area contributed by atoms with E-state index in [-0.39, 0.29) is 23.9 Å². The summed E-state index contributed by atoms with van der Waals surface area (Å²) < 4.78 is 5.20. The highest BCUT2D eigenvalue weighted by molar-refractivity contribution is 5.65. The van der Waals surface area contributed by atoms with Crippen molar-refractivity contribution in [3.05, 3.63) is 12.2 Å². The third-order valence-electron chi connectivity index (χ3n) is 5.70. The molecule has 0 aromatic rings. The first kappa shape index (κ1) is 16.5. The fourth-order valence-corrected chi connectivity index (χ4v) is 4.20. The summed E-state index contributed by atoms with van der Waals surface area (Å²) in [5, 5.41) is 19.9. The predicted molar refractivity (Wildman–Crippen MR) is 80.6 cm³/mol. The fraction of sp³-hybridized carbons (Fsp3) is 0.824. The monoisotopic (exact) mass is 296 g/mol. The maximum absolute atomic E-state index is 11.1. The van der Waals surface area contributed by atoms with Gasteiger partial charge in [0.25, 0.3) is 0 Å². The Morgan fingerprint density at radius 3 is 2.81 bits per heavy atom. The van der Waals surface area contributed by atoms with Crippen LogP contribution in [0.1, 0.15) is 52.4 Å². The highest BCUT2D eigenvalue weighted by Crippen LogP contribution is 2.59. The third kappa shape index (κ3) is 3.32. The van der Waals surface area contributed by atoms with E-state index in [1.807, 2.05) is 6.08 Å². The molecule has 2 N–H and O–H groups in total. The van der Waals surface area contributed by atoms with Gasteiger partial charge in [0.1, 0.15) is 0 Å². The number of hydrogen-bond donors (Lipinski definition) is 2. The normalized spacial score (nSPS) is 39.4. The molecular weight excluding hydrogens is 268 g/mol. The SMILES string of the molecule is CC(=O)OC[C@H]1CC[C@]2(O)C[C@@H](C=CCCO)CC[C@]12C. The number of aliphatic hydroxyl groups is 2. The molecule has 2 aliphatic carbocycles. The van der Waals surface area contributed by atoms with Crippen LogP contribution in [0.3, 0.4) is 0 Å². The first-order valence-electron chi connectivity index (χ1n) is 8.04. The molecule has 0 spiro atoms. The maximum atomic E-state index is 11.1. The van der Waals surface area contributed by atoms with Crippen LogP contribution >= 0.6 is 0 Å². The van der Waals surface area contributed by atoms with Crippen molar-refractivity contribution in [2.45, 2.75) is 58.0 Å². The van der Waals surface area contributed by atoms with E-state index < -0.39 is 5.60 Å². The molecule has 21 heavy (non-hydrogen) atoms. The van der Waals surface area contributed by atoms with Crippen LogP contribution in [0.15, 0.2) is 12.2 Å². The number of hydrogen-bond acceptors (Lipinski definition) is 4. The summed E-state index contributed by atoms with van der Waals surface area (Å²) in [6, 6.07) is 0. The second-order valence-electron chi connectivity index (χ2n) is 6.93. The molecule has 0 saturated heterocycles. The molecule has 4 nitrogen and oxygen atoms in total. The Hall–Kier alpha value is -0.870. The van der Waals surface area contributed by atoms with Gasteiger partial charge in [0.15, 0.2) is 0 Å². The zero-order valence-electron chi connectivity index (χ0n) is 13.2. The largest absolute Gasteiger partial charge is 0.466 e. The van der Waals surface area contributed by atoms with Gasteiger partial charge in [0.05, 0.1) is 12.2 Å². The molecule has 2 aliphatic rings. The van der Waals surface area contributed by atoms with Crippen molar-refractivity contribution in [3.63, 3.8) is 0 Å². The van der Waals surface area contributed by atoms with Crippen molar-refractivity contribution in [2.75, 3.05) is 13.2 Å². The Labute approximate surface area is 127 Å². The Balaban J connectivity index is 2.01. The van der Waals surface area contributed by atoms with Crippen molar-refractivity contribution in [3.8, 4) is 0 Å². The first-order valence-corrected chi connectivity index (χ1v) is 8.04. The zero-order valence-corrected chi connectivity index (χ0v) is 13.2. The third-order valence-corrected chi connectivity index (χ3v) is 5.70. The van der Waals surface area contributed by atoms with E-state index in [0.717, 1.165) is 32.1 Å². The van der Waals surface area contributed by atoms with Gasteiger partial charge >= 0.3 is 5.97 Å². The van der Waals surface area contributed by atoms with Gasteiger partial charge in [-0.1, -0.05) is 19.1 Å². The lowest BCUT2D eigenvalue weighted by Gasteiger charge is -2.48. The summed E-state index contributed by atoms with van der Waals surface area (Å²) >= 11 is 0. The van der Waals surface area contributed by atoms with E-state index in [4.69, 9.17) is 9.84 Å². The summed E-state index contributed by atoms with van der Waals surface area (Å²) in [6.45, 7) is 4.20. The molecule has 0 unspecified atom stereocenters. The van der Waals surface area contributed by atoms with E-state index in [0.29, 0.717) is 18.9 Å². The number of ether oxygens (including phenoxy) is 1. The van der Waals surface area contributed by atoms with E-state index in [1.54, 1.807) is 0 Å². The van der Waals surface area contributed by atoms with Crippen LogP contribution in [-0.2, 0) is 9.53 Å². The van der Waals surface area contributed by atoms with Gasteiger partial charge in [-0.2, -0.15) is 0 Å². The highest BCUT2D eigenvalue weighted by Gasteiger charge is 2.58. The molecule has 120 valence electrons. The van der Waals surface area contributed by atoms with Crippen LogP contribution < -0.4 is 0 Å². The van der Waals surface area contributed by atoms with E-state index in [1.165, 1.54) is 6.92 Å². The molecule has 4 heteroatoms. The lowest BCUT2D eigenvalue weighted by molar-refractivity contribution is -0.148. The van der Waals surface area contributed by atoms with Crippen LogP contribution in [0, 0.1) is 17.3 Å². The molecule has 0 amide bonds. The van der Waals surface area contributed by atoms with E-state index in [2.05, 4.69) is 13.0 Å². The topological polar surface area (TPSA) is 66.8 Å². The van der Waals surface area contributed by atoms with Gasteiger partial charge in [-0.3, -0.25) is 4.79 Å². The molecule has 0 aromatic carbocycles. The number of rotatable bonds is 5. The first-order chi connectivity index (χ1) is 9.91. The minimum absolute atomic E-state index is 0.149. The second kappa shape index (κ2) is 6.49. The van der Waals surface area contributed by atoms with Crippen LogP contribution in [0.4, 0.5) is 0 Å². The summed E-state index contributed by atoms with van der Waals surface area (Å²) in [4.78, 5) is 11.0. The van der Waals surface area contributed by atoms with Crippen molar-refractivity contribution in [2.24, 2.45) is 17.3 Å². The van der Waals surface area contributed by atoms with Crippen LogP contribution in [0.2, 0.25) is 0 Å². The summed E-state index contributed by atoms with van der Waals surface area (Å²) in [7, 11) is 0. The lowest BCUT2D eigenvalue weighted by atomic mass is 9.60. The average molecular weight is 296 g/mol. The minimum Gasteiger partial charge on any atom is -0.466 e. The molecule has 0 aliphatic heterocycles. The van der Waals surface area contributed by atoms with Gasteiger partial charge < -0.3 is 14.9 Å². The Morgan fingerprint density at radius 2 is 2.14 bits per heavy atom. The molecular formula is C17H28O4. The quantitative estimate of drug-likeness (QED) is 0.604. The summed E-state index contributed by atoms with van der Waals surface area (Å²) in [5.41, 5.74) is -0.798. The van der Waals surface area contributed by atoms with E-state index in [9.17, 15) is 9.90 Å². The molecule has 2 rings (SSSR count). The van der Waals surface area contributed by atoms with E-state index >= 15 is 0 Å². The molecule has 2 saturated carbocycles. The van der Waals surface area contributed by atoms with Gasteiger partial charge in [-0.15, -0.1) is 0 Å². The van der Waals surface area contributed by atoms with Crippen molar-refractivity contribution < 1.29 is 19.7 Å². The van der Waals surface area contributed by atoms with Gasteiger partial charge in [0.2, 0.25) is 0 Å². The average Bonchev–Trinajstić information content (AvgIpc) is 2.68. The summed E-state index contributed by atoms with van der Waals surface area (Å²) in [5.74, 6) is 0.408. The second-order valence-corrected chi connectivity index (χ2v) is 6.93. The summed E-state index contributed by atoms with van der Waals surface area (Å²) in [6.07, 6.45) is 9.35. The van der Waals surface area contributed by atoms with Crippen molar-refractivity contribution >= 4 is 5.97 Å². The molecule has 4 atom stereocenters. The molecule has 0 heterocycles. The number of aliphatic hydroxyl groups excluding tert-OH is 1. The Kier molecular flexibility index (Phi) is 5.10. The van der Waals surface area contributed by atoms with Crippen molar-refractivity contribution in [1.82, 2.24) is 0 Å². The highest BCUT2D eigenvalue weighted by atomic mass is 16.5. The Morgan fingerprint density at radius 1 is 1.38 bits per heavy atom. The van der Waals surface area contributed by atoms with Gasteiger partial charge in [0, 0.05) is 24.9 Å². The molecule has 0 radical (unpaired) electrons. The fourth-order valence-electron chi connectivity index (χ4n) is 4.20. The van der Waals surface area contributed by atoms with Gasteiger partial charge in [-0.25, -0.2) is 0 Å².